The van der Waals surface area contributed by atoms with Crippen LogP contribution < -0.4 is 5.32 Å². The van der Waals surface area contributed by atoms with Crippen molar-refractivity contribution in [3.05, 3.63) is 83.9 Å². The zero-order chi connectivity index (χ0) is 42.8. The van der Waals surface area contributed by atoms with Crippen molar-refractivity contribution < 1.29 is 46.3 Å². The van der Waals surface area contributed by atoms with E-state index in [4.69, 9.17) is 31.9 Å². The minimum atomic E-state index is -3.08. The van der Waals surface area contributed by atoms with Gasteiger partial charge < -0.3 is 37.2 Å². The van der Waals surface area contributed by atoms with Gasteiger partial charge in [-0.3, -0.25) is 23.9 Å². The Hall–Kier alpha value is -4.25. The molecular weight excluding hydrogens is 805 g/mol. The van der Waals surface area contributed by atoms with E-state index in [2.05, 4.69) is 75.7 Å². The molecule has 2 aromatic heterocycles. The van der Waals surface area contributed by atoms with E-state index in [0.29, 0.717) is 27.9 Å². The first-order valence-electron chi connectivity index (χ1n) is 20.7. The predicted octanol–water partition coefficient (Wildman–Crippen LogP) is 6.60. The van der Waals surface area contributed by atoms with E-state index in [9.17, 15) is 14.4 Å². The van der Waals surface area contributed by atoms with E-state index in [-0.39, 0.29) is 85.5 Å². The van der Waals surface area contributed by atoms with Crippen LogP contribution in [0.25, 0.3) is 11.2 Å². The highest BCUT2D eigenvalue weighted by Gasteiger charge is 2.62. The van der Waals surface area contributed by atoms with Crippen molar-refractivity contribution in [2.45, 2.75) is 102 Å². The van der Waals surface area contributed by atoms with E-state index in [1.54, 1.807) is 59.4 Å². The van der Waals surface area contributed by atoms with Gasteiger partial charge in [-0.2, -0.15) is 0 Å². The summed E-state index contributed by atoms with van der Waals surface area (Å²) in [6.45, 7) is 18.1. The maximum absolute atomic E-state index is 13.1. The molecule has 0 radical (unpaired) electrons. The SMILES string of the molecule is CC(C)[Si]1(C(C)C)OC[C@H]2O[C@@H](n3cnc4c(NC(=O)c5ccccc5)ncnc43)[C@@H](OCOCCOCCN3C(=O)c4ccccc4C3=O)C2O[Si](C(C)C)(C(C)C)O1. The lowest BCUT2D eigenvalue weighted by Crippen LogP contribution is -2.66. The number of ether oxygens (including phenoxy) is 4. The first-order chi connectivity index (χ1) is 28.8. The molecule has 1 unspecified atom stereocenters. The third-order valence-electron chi connectivity index (χ3n) is 11.6. The second-order valence-electron chi connectivity index (χ2n) is 16.6. The molecular formula is C42H56N6O10Si2. The van der Waals surface area contributed by atoms with Crippen molar-refractivity contribution in [2.24, 2.45) is 0 Å². The van der Waals surface area contributed by atoms with Crippen molar-refractivity contribution in [1.29, 1.82) is 0 Å². The van der Waals surface area contributed by atoms with Gasteiger partial charge in [0.15, 0.2) is 23.2 Å². The van der Waals surface area contributed by atoms with Crippen LogP contribution in [-0.4, -0.2) is 117 Å². The topological polar surface area (TPSA) is 175 Å². The summed E-state index contributed by atoms with van der Waals surface area (Å²) < 4.78 is 48.9. The molecule has 2 fully saturated rings. The van der Waals surface area contributed by atoms with E-state index >= 15 is 0 Å². The molecule has 0 bridgehead atoms. The Balaban J connectivity index is 1.10. The molecule has 3 aliphatic rings. The number of benzene rings is 2. The normalized spacial score (nSPS) is 22.5. The smallest absolute Gasteiger partial charge is 0.335 e. The molecule has 1 N–H and O–H groups in total. The minimum Gasteiger partial charge on any atom is -0.414 e. The van der Waals surface area contributed by atoms with Gasteiger partial charge in [0.05, 0.1) is 50.4 Å². The van der Waals surface area contributed by atoms with Gasteiger partial charge >= 0.3 is 17.1 Å². The lowest BCUT2D eigenvalue weighted by atomic mass is 10.1. The fourth-order valence-corrected chi connectivity index (χ4v) is 19.6. The fraction of sp³-hybridized carbons (Fsp3) is 0.524. The molecule has 0 saturated carbocycles. The van der Waals surface area contributed by atoms with Crippen LogP contribution in [0, 0.1) is 0 Å². The average Bonchev–Trinajstić information content (AvgIpc) is 3.87. The van der Waals surface area contributed by atoms with Crippen LogP contribution in [0.2, 0.25) is 22.2 Å². The maximum Gasteiger partial charge on any atom is 0.335 e. The van der Waals surface area contributed by atoms with Crippen LogP contribution in [-0.2, 0) is 31.9 Å². The number of aromatic nitrogens is 4. The number of imide groups is 1. The summed E-state index contributed by atoms with van der Waals surface area (Å²) in [7, 11) is -5.95. The first kappa shape index (κ1) is 43.8. The van der Waals surface area contributed by atoms with E-state index in [1.165, 1.54) is 11.2 Å². The largest absolute Gasteiger partial charge is 0.414 e. The number of hydrogen-bond donors (Lipinski definition) is 1. The van der Waals surface area contributed by atoms with Crippen LogP contribution in [0.5, 0.6) is 0 Å². The molecule has 16 nitrogen and oxygen atoms in total. The molecule has 0 spiro atoms. The third kappa shape index (κ3) is 8.36. The molecule has 3 amide bonds. The summed E-state index contributed by atoms with van der Waals surface area (Å²) in [5, 5.41) is 2.88. The second-order valence-corrected chi connectivity index (χ2v) is 25.4. The van der Waals surface area contributed by atoms with Gasteiger partial charge in [-0.15, -0.1) is 0 Å². The molecule has 0 aliphatic carbocycles. The number of rotatable bonds is 16. The summed E-state index contributed by atoms with van der Waals surface area (Å²) in [6, 6.07) is 15.7. The zero-order valence-electron chi connectivity index (χ0n) is 35.5. The van der Waals surface area contributed by atoms with Gasteiger partial charge in [-0.1, -0.05) is 85.7 Å². The molecule has 2 aromatic carbocycles. The van der Waals surface area contributed by atoms with E-state index < -0.39 is 41.7 Å². The van der Waals surface area contributed by atoms with Crippen LogP contribution in [0.15, 0.2) is 67.3 Å². The summed E-state index contributed by atoms with van der Waals surface area (Å²) in [6.07, 6.45) is 0.297. The number of nitrogens with one attached hydrogen (secondary N) is 1. The highest BCUT2D eigenvalue weighted by molar-refractivity contribution is 6.84. The van der Waals surface area contributed by atoms with Gasteiger partial charge in [0.1, 0.15) is 31.4 Å². The summed E-state index contributed by atoms with van der Waals surface area (Å²) in [5.74, 6) is -0.721. The Morgan fingerprint density at radius 2 is 1.45 bits per heavy atom. The molecule has 4 atom stereocenters. The quantitative estimate of drug-likeness (QED) is 0.0553. The zero-order valence-corrected chi connectivity index (χ0v) is 37.5. The number of carbonyl (C=O) groups excluding carboxylic acids is 3. The molecule has 2 saturated heterocycles. The lowest BCUT2D eigenvalue weighted by molar-refractivity contribution is -0.143. The number of imidazole rings is 1. The van der Waals surface area contributed by atoms with Crippen molar-refractivity contribution in [1.82, 2.24) is 24.4 Å². The van der Waals surface area contributed by atoms with Crippen molar-refractivity contribution in [3.8, 4) is 0 Å². The van der Waals surface area contributed by atoms with Gasteiger partial charge in [-0.05, 0) is 46.4 Å². The van der Waals surface area contributed by atoms with E-state index in [0.717, 1.165) is 0 Å². The predicted molar refractivity (Wildman–Crippen MR) is 226 cm³/mol. The minimum absolute atomic E-state index is 0.0650. The standard InChI is InChI=1S/C42H56N6O10Si2/c1-26(2)59(27(3)4)55-22-33-35(57-60(58-59,28(5)6)29(7)8)36(54-25-53-21-20-52-19-18-47-40(50)31-16-12-13-17-32(31)41(47)51)42(56-33)48-24-45-34-37(43-23-44-38(34)48)46-39(49)30-14-10-9-11-15-30/h9-17,23-24,26-29,33,35-36,42H,18-22,25H2,1-8H3,(H,43,44,46,49)/t33-,35?,36+,42-/m1/s1. The summed E-state index contributed by atoms with van der Waals surface area (Å²) in [5.41, 5.74) is 2.51. The van der Waals surface area contributed by atoms with Gasteiger partial charge in [0.2, 0.25) is 0 Å². The highest BCUT2D eigenvalue weighted by Crippen LogP contribution is 2.49. The molecule has 7 rings (SSSR count). The Bertz CT molecular complexity index is 2100. The Morgan fingerprint density at radius 1 is 0.817 bits per heavy atom. The molecule has 3 aliphatic heterocycles. The molecule has 5 heterocycles. The monoisotopic (exact) mass is 860 g/mol. The van der Waals surface area contributed by atoms with Crippen LogP contribution in [0.3, 0.4) is 0 Å². The van der Waals surface area contributed by atoms with Crippen molar-refractivity contribution >= 4 is 51.8 Å². The number of nitrogens with zero attached hydrogens (tertiary/aromatic N) is 5. The van der Waals surface area contributed by atoms with Gasteiger partial charge in [0, 0.05) is 5.56 Å². The molecule has 18 heteroatoms. The third-order valence-corrected chi connectivity index (χ3v) is 21.8. The molecule has 4 aromatic rings. The number of hydrogen-bond acceptors (Lipinski definition) is 13. The number of fused-ring (bicyclic) bond motifs is 3. The first-order valence-corrected chi connectivity index (χ1v) is 24.7. The van der Waals surface area contributed by atoms with Gasteiger partial charge in [-0.25, -0.2) is 15.0 Å². The average molecular weight is 861 g/mol. The van der Waals surface area contributed by atoms with E-state index in [1.807, 2.05) is 6.07 Å². The summed E-state index contributed by atoms with van der Waals surface area (Å²) >= 11 is 0. The highest BCUT2D eigenvalue weighted by atomic mass is 28.5. The summed E-state index contributed by atoms with van der Waals surface area (Å²) in [4.78, 5) is 53.4. The van der Waals surface area contributed by atoms with Crippen LogP contribution >= 0.6 is 0 Å². The maximum atomic E-state index is 13.1. The second kappa shape index (κ2) is 18.4. The van der Waals surface area contributed by atoms with Crippen LogP contribution in [0.4, 0.5) is 5.82 Å². The lowest BCUT2D eigenvalue weighted by Gasteiger charge is -2.51. The van der Waals surface area contributed by atoms with Crippen molar-refractivity contribution in [2.75, 3.05) is 45.1 Å². The molecule has 322 valence electrons. The number of carbonyl (C=O) groups is 3. The van der Waals surface area contributed by atoms with Gasteiger partial charge in [0.25, 0.3) is 17.7 Å². The number of anilines is 1. The van der Waals surface area contributed by atoms with Crippen molar-refractivity contribution in [3.63, 3.8) is 0 Å². The van der Waals surface area contributed by atoms with Crippen LogP contribution in [0.1, 0.15) is 92.7 Å². The Labute approximate surface area is 352 Å². The number of amides is 3. The fourth-order valence-electron chi connectivity index (χ4n) is 8.43. The Kier molecular flexibility index (Phi) is 13.4. The Morgan fingerprint density at radius 3 is 2.10 bits per heavy atom. The molecule has 60 heavy (non-hydrogen) atoms.